The summed E-state index contributed by atoms with van der Waals surface area (Å²) < 4.78 is 13.5. The van der Waals surface area contributed by atoms with Gasteiger partial charge in [0, 0.05) is 0 Å². The molecule has 0 heterocycles. The van der Waals surface area contributed by atoms with Crippen molar-refractivity contribution in [1.29, 1.82) is 15.9 Å². The molecule has 0 saturated heterocycles. The molecule has 18 heavy (non-hydrogen) atoms. The molecule has 0 atom stereocenters. The van der Waals surface area contributed by atoms with Crippen molar-refractivity contribution in [3.63, 3.8) is 0 Å². The molecular formula is C11H9FN6. The van der Waals surface area contributed by atoms with Crippen molar-refractivity contribution in [2.45, 2.75) is 6.42 Å². The zero-order chi connectivity index (χ0) is 13.5. The first-order valence-corrected chi connectivity index (χ1v) is 4.82. The Bertz CT molecular complexity index is 578. The molecule has 0 saturated carbocycles. The van der Waals surface area contributed by atoms with Gasteiger partial charge in [-0.1, -0.05) is 6.07 Å². The lowest BCUT2D eigenvalue weighted by molar-refractivity contribution is 0.629. The Balaban J connectivity index is 2.91. The molecule has 0 spiro atoms. The maximum atomic E-state index is 13.5. The van der Waals surface area contributed by atoms with Crippen LogP contribution in [-0.2, 0) is 6.42 Å². The van der Waals surface area contributed by atoms with E-state index < -0.39 is 11.7 Å². The van der Waals surface area contributed by atoms with Crippen LogP contribution in [-0.4, -0.2) is 11.5 Å². The summed E-state index contributed by atoms with van der Waals surface area (Å²) in [5.41, 5.74) is 7.61. The lowest BCUT2D eigenvalue weighted by Gasteiger charge is -2.04. The van der Waals surface area contributed by atoms with Crippen molar-refractivity contribution in [2.24, 2.45) is 10.8 Å². The molecule has 0 aliphatic rings. The van der Waals surface area contributed by atoms with E-state index in [2.05, 4.69) is 10.5 Å². The highest BCUT2D eigenvalue weighted by Gasteiger charge is 2.05. The maximum Gasteiger partial charge on any atom is 0.201 e. The van der Waals surface area contributed by atoms with Gasteiger partial charge in [-0.05, 0) is 17.7 Å². The van der Waals surface area contributed by atoms with Crippen LogP contribution in [0.4, 0.5) is 10.1 Å². The SMILES string of the molecule is N#CCc1ccc(N/N=C(\C#N)C(=N)N)c(F)c1. The Morgan fingerprint density at radius 1 is 1.50 bits per heavy atom. The summed E-state index contributed by atoms with van der Waals surface area (Å²) >= 11 is 0. The van der Waals surface area contributed by atoms with Gasteiger partial charge < -0.3 is 5.73 Å². The van der Waals surface area contributed by atoms with Gasteiger partial charge in [0.25, 0.3) is 0 Å². The molecule has 0 aliphatic carbocycles. The number of rotatable bonds is 4. The molecule has 1 rings (SSSR count). The maximum absolute atomic E-state index is 13.5. The molecule has 0 bridgehead atoms. The molecule has 0 unspecified atom stereocenters. The van der Waals surface area contributed by atoms with E-state index in [1.54, 1.807) is 12.1 Å². The van der Waals surface area contributed by atoms with Crippen molar-refractivity contribution in [3.8, 4) is 12.1 Å². The second-order valence-corrected chi connectivity index (χ2v) is 3.25. The molecule has 7 heteroatoms. The summed E-state index contributed by atoms with van der Waals surface area (Å²) in [5, 5.41) is 27.6. The third kappa shape index (κ3) is 3.29. The summed E-state index contributed by atoms with van der Waals surface area (Å²) in [4.78, 5) is 0. The summed E-state index contributed by atoms with van der Waals surface area (Å²) in [6.07, 6.45) is 0.108. The zero-order valence-corrected chi connectivity index (χ0v) is 9.24. The minimum absolute atomic E-state index is 0.0330. The molecule has 0 aliphatic heterocycles. The fourth-order valence-corrected chi connectivity index (χ4v) is 1.11. The first-order valence-electron chi connectivity index (χ1n) is 4.82. The number of amidine groups is 1. The van der Waals surface area contributed by atoms with E-state index in [0.29, 0.717) is 5.56 Å². The van der Waals surface area contributed by atoms with E-state index in [9.17, 15) is 4.39 Å². The first kappa shape index (κ1) is 13.1. The average Bonchev–Trinajstić information content (AvgIpc) is 2.32. The van der Waals surface area contributed by atoms with Crippen LogP contribution in [0.5, 0.6) is 0 Å². The third-order valence-electron chi connectivity index (χ3n) is 1.97. The Kier molecular flexibility index (Phi) is 4.35. The van der Waals surface area contributed by atoms with Crippen molar-refractivity contribution >= 4 is 17.2 Å². The zero-order valence-electron chi connectivity index (χ0n) is 9.24. The van der Waals surface area contributed by atoms with Crippen LogP contribution >= 0.6 is 0 Å². The number of anilines is 1. The predicted octanol–water partition coefficient (Wildman–Crippen LogP) is 1.12. The largest absolute Gasteiger partial charge is 0.382 e. The van der Waals surface area contributed by atoms with Gasteiger partial charge >= 0.3 is 0 Å². The summed E-state index contributed by atoms with van der Waals surface area (Å²) in [7, 11) is 0. The molecule has 4 N–H and O–H groups in total. The van der Waals surface area contributed by atoms with E-state index in [-0.39, 0.29) is 17.8 Å². The number of hydrazone groups is 1. The fourth-order valence-electron chi connectivity index (χ4n) is 1.11. The van der Waals surface area contributed by atoms with Crippen molar-refractivity contribution < 1.29 is 4.39 Å². The van der Waals surface area contributed by atoms with Crippen LogP contribution in [0.2, 0.25) is 0 Å². The van der Waals surface area contributed by atoms with Gasteiger partial charge in [0.05, 0.1) is 18.2 Å². The average molecular weight is 244 g/mol. The van der Waals surface area contributed by atoms with Gasteiger partial charge in [0.2, 0.25) is 5.71 Å². The standard InChI is InChI=1S/C11H9FN6/c12-8-5-7(3-4-13)1-2-9(8)17-18-10(6-14)11(15)16/h1-2,5,17H,3H2,(H3,15,16)/b18-10+. The van der Waals surface area contributed by atoms with Crippen molar-refractivity contribution in [2.75, 3.05) is 5.43 Å². The van der Waals surface area contributed by atoms with E-state index in [0.717, 1.165) is 0 Å². The molecular weight excluding hydrogens is 235 g/mol. The number of halogens is 1. The highest BCUT2D eigenvalue weighted by molar-refractivity contribution is 6.45. The Labute approximate surface area is 103 Å². The molecule has 0 amide bonds. The second-order valence-electron chi connectivity index (χ2n) is 3.25. The van der Waals surface area contributed by atoms with E-state index in [1.165, 1.54) is 12.1 Å². The minimum atomic E-state index is -0.604. The monoisotopic (exact) mass is 244 g/mol. The number of nitrogens with zero attached hydrogens (tertiary/aromatic N) is 3. The van der Waals surface area contributed by atoms with Crippen LogP contribution in [0.3, 0.4) is 0 Å². The highest BCUT2D eigenvalue weighted by Crippen LogP contribution is 2.16. The van der Waals surface area contributed by atoms with E-state index in [4.69, 9.17) is 21.7 Å². The van der Waals surface area contributed by atoms with Crippen molar-refractivity contribution in [3.05, 3.63) is 29.6 Å². The Morgan fingerprint density at radius 3 is 2.72 bits per heavy atom. The van der Waals surface area contributed by atoms with Gasteiger partial charge in [0.1, 0.15) is 11.9 Å². The summed E-state index contributed by atoms with van der Waals surface area (Å²) in [5.74, 6) is -1.11. The molecule has 6 nitrogen and oxygen atoms in total. The van der Waals surface area contributed by atoms with Gasteiger partial charge in [-0.25, -0.2) is 4.39 Å². The smallest absolute Gasteiger partial charge is 0.201 e. The number of hydrogen-bond acceptors (Lipinski definition) is 5. The number of hydrogen-bond donors (Lipinski definition) is 3. The number of nitrogens with one attached hydrogen (secondary N) is 2. The summed E-state index contributed by atoms with van der Waals surface area (Å²) in [6.45, 7) is 0. The van der Waals surface area contributed by atoms with Gasteiger partial charge in [-0.2, -0.15) is 15.6 Å². The Morgan fingerprint density at radius 2 is 2.22 bits per heavy atom. The number of benzene rings is 1. The molecule has 90 valence electrons. The van der Waals surface area contributed by atoms with Crippen LogP contribution in [0, 0.1) is 33.9 Å². The van der Waals surface area contributed by atoms with Crippen LogP contribution in [0.1, 0.15) is 5.56 Å². The number of nitriles is 2. The first-order chi connectivity index (χ1) is 8.58. The molecule has 1 aromatic rings. The van der Waals surface area contributed by atoms with Crippen LogP contribution in [0.15, 0.2) is 23.3 Å². The molecule has 0 radical (unpaired) electrons. The van der Waals surface area contributed by atoms with Gasteiger partial charge in [-0.3, -0.25) is 10.8 Å². The fraction of sp³-hybridized carbons (Fsp3) is 0.0909. The molecule has 0 fully saturated rings. The second kappa shape index (κ2) is 5.97. The van der Waals surface area contributed by atoms with Gasteiger partial charge in [-0.15, -0.1) is 0 Å². The number of nitrogens with two attached hydrogens (primary N) is 1. The Hall–Kier alpha value is -2.93. The van der Waals surface area contributed by atoms with Crippen molar-refractivity contribution in [1.82, 2.24) is 0 Å². The lowest BCUT2D eigenvalue weighted by Crippen LogP contribution is -2.22. The predicted molar refractivity (Wildman–Crippen MR) is 64.3 cm³/mol. The van der Waals surface area contributed by atoms with E-state index in [1.807, 2.05) is 6.07 Å². The molecule has 0 aromatic heterocycles. The normalized spacial score (nSPS) is 10.3. The minimum Gasteiger partial charge on any atom is -0.382 e. The molecule has 1 aromatic carbocycles. The van der Waals surface area contributed by atoms with E-state index >= 15 is 0 Å². The van der Waals surface area contributed by atoms with Crippen LogP contribution in [0.25, 0.3) is 0 Å². The quantitative estimate of drug-likeness (QED) is 0.417. The third-order valence-corrected chi connectivity index (χ3v) is 1.97. The van der Waals surface area contributed by atoms with Crippen LogP contribution < -0.4 is 11.2 Å². The summed E-state index contributed by atoms with van der Waals surface area (Å²) in [6, 6.07) is 7.64. The lowest BCUT2D eigenvalue weighted by atomic mass is 10.1. The highest BCUT2D eigenvalue weighted by atomic mass is 19.1. The topological polar surface area (TPSA) is 122 Å². The van der Waals surface area contributed by atoms with Gasteiger partial charge in [0.15, 0.2) is 5.84 Å².